The van der Waals surface area contributed by atoms with Gasteiger partial charge in [-0.25, -0.2) is 0 Å². The molecule has 1 heterocycles. The highest BCUT2D eigenvalue weighted by molar-refractivity contribution is 5.43. The molecule has 1 aromatic rings. The third kappa shape index (κ3) is 3.67. The lowest BCUT2D eigenvalue weighted by Crippen LogP contribution is -2.43. The third-order valence-electron chi connectivity index (χ3n) is 4.20. The quantitative estimate of drug-likeness (QED) is 0.867. The van der Waals surface area contributed by atoms with Crippen molar-refractivity contribution in [3.05, 3.63) is 23.8 Å². The van der Waals surface area contributed by atoms with Gasteiger partial charge in [-0.3, -0.25) is 4.90 Å². The van der Waals surface area contributed by atoms with E-state index in [9.17, 15) is 0 Å². The zero-order valence-electron chi connectivity index (χ0n) is 13.2. The maximum atomic E-state index is 6.03. The molecule has 5 heteroatoms. The fraction of sp³-hybridized carbons (Fsp3) is 0.625. The highest BCUT2D eigenvalue weighted by atomic mass is 16.5. The van der Waals surface area contributed by atoms with Gasteiger partial charge in [0.2, 0.25) is 0 Å². The molecule has 0 amide bonds. The van der Waals surface area contributed by atoms with E-state index in [0.717, 1.165) is 43.0 Å². The van der Waals surface area contributed by atoms with Crippen LogP contribution in [0.1, 0.15) is 24.4 Å². The van der Waals surface area contributed by atoms with Crippen molar-refractivity contribution in [2.45, 2.75) is 25.0 Å². The number of benzene rings is 1. The Balaban J connectivity index is 2.20. The Labute approximate surface area is 127 Å². The largest absolute Gasteiger partial charge is 0.493 e. The van der Waals surface area contributed by atoms with E-state index in [1.165, 1.54) is 0 Å². The summed E-state index contributed by atoms with van der Waals surface area (Å²) in [6.07, 6.45) is 2.56. The predicted octanol–water partition coefficient (Wildman–Crippen LogP) is 1.81. The zero-order chi connectivity index (χ0) is 15.2. The second kappa shape index (κ2) is 7.64. The van der Waals surface area contributed by atoms with Crippen molar-refractivity contribution in [1.82, 2.24) is 4.90 Å². The van der Waals surface area contributed by atoms with Gasteiger partial charge in [0.05, 0.1) is 20.3 Å². The molecule has 2 rings (SSSR count). The fourth-order valence-corrected chi connectivity index (χ4v) is 3.00. The van der Waals surface area contributed by atoms with Crippen LogP contribution in [-0.2, 0) is 4.74 Å². The van der Waals surface area contributed by atoms with Crippen molar-refractivity contribution in [1.29, 1.82) is 0 Å². The van der Waals surface area contributed by atoms with Crippen molar-refractivity contribution >= 4 is 0 Å². The molecule has 0 bridgehead atoms. The first-order valence-corrected chi connectivity index (χ1v) is 7.42. The minimum absolute atomic E-state index is 0.183. The number of nitrogens with two attached hydrogens (primary N) is 1. The normalized spacial score (nSPS) is 21.0. The molecule has 0 aliphatic carbocycles. The Morgan fingerprint density at radius 1 is 1.24 bits per heavy atom. The van der Waals surface area contributed by atoms with Crippen molar-refractivity contribution < 1.29 is 14.2 Å². The smallest absolute Gasteiger partial charge is 0.161 e. The van der Waals surface area contributed by atoms with Gasteiger partial charge in [-0.1, -0.05) is 6.07 Å². The van der Waals surface area contributed by atoms with Crippen LogP contribution in [0.4, 0.5) is 0 Å². The van der Waals surface area contributed by atoms with E-state index in [2.05, 4.69) is 11.0 Å². The van der Waals surface area contributed by atoms with Crippen LogP contribution in [0, 0.1) is 0 Å². The summed E-state index contributed by atoms with van der Waals surface area (Å²) in [5, 5.41) is 0. The Hall–Kier alpha value is -1.30. The first kappa shape index (κ1) is 16.1. The van der Waals surface area contributed by atoms with Gasteiger partial charge in [-0.15, -0.1) is 0 Å². The minimum atomic E-state index is 0.183. The van der Waals surface area contributed by atoms with Crippen LogP contribution in [0.15, 0.2) is 18.2 Å². The molecule has 0 radical (unpaired) electrons. The molecule has 2 atom stereocenters. The number of likely N-dealkylation sites (tertiary alicyclic amines) is 1. The molecule has 5 nitrogen and oxygen atoms in total. The summed E-state index contributed by atoms with van der Waals surface area (Å²) < 4.78 is 16.2. The fourth-order valence-electron chi connectivity index (χ4n) is 3.00. The van der Waals surface area contributed by atoms with Crippen molar-refractivity contribution in [2.75, 3.05) is 41.0 Å². The lowest BCUT2D eigenvalue weighted by Gasteiger charge is -2.37. The highest BCUT2D eigenvalue weighted by Crippen LogP contribution is 2.32. The van der Waals surface area contributed by atoms with E-state index in [-0.39, 0.29) is 6.04 Å². The van der Waals surface area contributed by atoms with Crippen LogP contribution >= 0.6 is 0 Å². The number of hydrogen-bond acceptors (Lipinski definition) is 5. The highest BCUT2D eigenvalue weighted by Gasteiger charge is 2.26. The van der Waals surface area contributed by atoms with Crippen LogP contribution in [0.3, 0.4) is 0 Å². The second-order valence-electron chi connectivity index (χ2n) is 5.36. The van der Waals surface area contributed by atoms with Gasteiger partial charge < -0.3 is 19.9 Å². The SMILES string of the molecule is COc1ccc(C(CN)N2CCCC(OC)C2)cc1OC. The van der Waals surface area contributed by atoms with Gasteiger partial charge in [-0.2, -0.15) is 0 Å². The summed E-state index contributed by atoms with van der Waals surface area (Å²) in [4.78, 5) is 2.40. The summed E-state index contributed by atoms with van der Waals surface area (Å²) in [5.41, 5.74) is 7.19. The summed E-state index contributed by atoms with van der Waals surface area (Å²) in [6, 6.07) is 6.21. The standard InChI is InChI=1S/C16H26N2O3/c1-19-13-5-4-8-18(11-13)14(10-17)12-6-7-15(20-2)16(9-12)21-3/h6-7,9,13-14H,4-5,8,10-11,17H2,1-3H3. The molecule has 1 fully saturated rings. The van der Waals surface area contributed by atoms with Gasteiger partial charge in [0.25, 0.3) is 0 Å². The molecule has 21 heavy (non-hydrogen) atoms. The Bertz CT molecular complexity index is 453. The minimum Gasteiger partial charge on any atom is -0.493 e. The van der Waals surface area contributed by atoms with Crippen LogP contribution in [0.5, 0.6) is 11.5 Å². The number of nitrogens with zero attached hydrogens (tertiary/aromatic N) is 1. The van der Waals surface area contributed by atoms with E-state index >= 15 is 0 Å². The summed E-state index contributed by atoms with van der Waals surface area (Å²) in [6.45, 7) is 2.55. The van der Waals surface area contributed by atoms with E-state index in [4.69, 9.17) is 19.9 Å². The van der Waals surface area contributed by atoms with Gasteiger partial charge in [0, 0.05) is 26.2 Å². The molecule has 1 saturated heterocycles. The van der Waals surface area contributed by atoms with Gasteiger partial charge in [0.15, 0.2) is 11.5 Å². The van der Waals surface area contributed by atoms with Gasteiger partial charge >= 0.3 is 0 Å². The molecular formula is C16H26N2O3. The predicted molar refractivity (Wildman–Crippen MR) is 82.9 cm³/mol. The van der Waals surface area contributed by atoms with Gasteiger partial charge in [-0.05, 0) is 37.1 Å². The third-order valence-corrected chi connectivity index (χ3v) is 4.20. The molecule has 2 N–H and O–H groups in total. The Morgan fingerprint density at radius 2 is 2.00 bits per heavy atom. The maximum Gasteiger partial charge on any atom is 0.161 e. The van der Waals surface area contributed by atoms with E-state index < -0.39 is 0 Å². The maximum absolute atomic E-state index is 6.03. The zero-order valence-corrected chi connectivity index (χ0v) is 13.2. The van der Waals surface area contributed by atoms with Crippen LogP contribution in [0.25, 0.3) is 0 Å². The molecule has 1 aliphatic rings. The molecule has 2 unspecified atom stereocenters. The van der Waals surface area contributed by atoms with Crippen LogP contribution in [-0.4, -0.2) is 52.0 Å². The number of piperidine rings is 1. The van der Waals surface area contributed by atoms with Crippen molar-refractivity contribution in [3.63, 3.8) is 0 Å². The van der Waals surface area contributed by atoms with E-state index in [1.54, 1.807) is 21.3 Å². The average Bonchev–Trinajstić information content (AvgIpc) is 2.55. The molecule has 118 valence electrons. The van der Waals surface area contributed by atoms with Crippen LogP contribution < -0.4 is 15.2 Å². The number of methoxy groups -OCH3 is 3. The lowest BCUT2D eigenvalue weighted by atomic mass is 10.00. The Morgan fingerprint density at radius 3 is 2.62 bits per heavy atom. The number of hydrogen-bond donors (Lipinski definition) is 1. The average molecular weight is 294 g/mol. The monoisotopic (exact) mass is 294 g/mol. The van der Waals surface area contributed by atoms with Crippen LogP contribution in [0.2, 0.25) is 0 Å². The number of rotatable bonds is 6. The first-order chi connectivity index (χ1) is 10.2. The first-order valence-electron chi connectivity index (χ1n) is 7.42. The molecule has 1 aliphatic heterocycles. The van der Waals surface area contributed by atoms with E-state index in [0.29, 0.717) is 12.6 Å². The summed E-state index contributed by atoms with van der Waals surface area (Å²) in [5.74, 6) is 1.49. The Kier molecular flexibility index (Phi) is 5.85. The van der Waals surface area contributed by atoms with Crippen molar-refractivity contribution in [3.8, 4) is 11.5 Å². The van der Waals surface area contributed by atoms with Crippen molar-refractivity contribution in [2.24, 2.45) is 5.73 Å². The number of ether oxygens (including phenoxy) is 3. The molecule has 1 aromatic carbocycles. The molecule has 0 spiro atoms. The summed E-state index contributed by atoms with van der Waals surface area (Å²) >= 11 is 0. The lowest BCUT2D eigenvalue weighted by molar-refractivity contribution is 0.0155. The van der Waals surface area contributed by atoms with Gasteiger partial charge in [0.1, 0.15) is 0 Å². The summed E-state index contributed by atoms with van der Waals surface area (Å²) in [7, 11) is 5.08. The topological polar surface area (TPSA) is 57.0 Å². The molecule has 0 saturated carbocycles. The molecular weight excluding hydrogens is 268 g/mol. The second-order valence-corrected chi connectivity index (χ2v) is 5.36. The molecule has 0 aromatic heterocycles. The van der Waals surface area contributed by atoms with E-state index in [1.807, 2.05) is 12.1 Å².